The van der Waals surface area contributed by atoms with Crippen molar-refractivity contribution in [3.05, 3.63) is 56.4 Å². The van der Waals surface area contributed by atoms with Crippen molar-refractivity contribution >= 4 is 33.2 Å². The lowest BCUT2D eigenvalue weighted by molar-refractivity contribution is 0.0934. The summed E-state index contributed by atoms with van der Waals surface area (Å²) in [5.74, 6) is -0.694. The maximum atomic E-state index is 13.4. The number of hydrogen-bond donors (Lipinski definition) is 1. The molecule has 0 aliphatic rings. The van der Waals surface area contributed by atoms with E-state index in [1.54, 1.807) is 17.4 Å². The average Bonchev–Trinajstić information content (AvgIpc) is 3.07. The van der Waals surface area contributed by atoms with Crippen LogP contribution in [-0.2, 0) is 0 Å². The van der Waals surface area contributed by atoms with Crippen molar-refractivity contribution in [3.8, 4) is 0 Å². The van der Waals surface area contributed by atoms with Gasteiger partial charge in [0.05, 0.1) is 11.6 Å². The van der Waals surface area contributed by atoms with Gasteiger partial charge < -0.3 is 5.32 Å². The van der Waals surface area contributed by atoms with Crippen molar-refractivity contribution in [1.29, 1.82) is 0 Å². The highest BCUT2D eigenvalue weighted by Crippen LogP contribution is 2.23. The fraction of sp³-hybridized carbons (Fsp3) is 0.353. The highest BCUT2D eigenvalue weighted by atomic mass is 79.9. The molecule has 2 rings (SSSR count). The number of halogens is 2. The Morgan fingerprint density at radius 1 is 1.35 bits per heavy atom. The molecule has 1 heterocycles. The summed E-state index contributed by atoms with van der Waals surface area (Å²) >= 11 is 4.94. The molecule has 1 amide bonds. The predicted molar refractivity (Wildman–Crippen MR) is 96.4 cm³/mol. The summed E-state index contributed by atoms with van der Waals surface area (Å²) < 4.78 is 13.9. The minimum absolute atomic E-state index is 0.118. The minimum atomic E-state index is -0.420. The average molecular weight is 399 g/mol. The third kappa shape index (κ3) is 4.62. The van der Waals surface area contributed by atoms with Crippen molar-refractivity contribution in [1.82, 2.24) is 10.2 Å². The molecule has 0 radical (unpaired) electrons. The van der Waals surface area contributed by atoms with Crippen LogP contribution in [0.3, 0.4) is 0 Å². The summed E-state index contributed by atoms with van der Waals surface area (Å²) in [4.78, 5) is 14.7. The SMILES string of the molecule is CCN(CC)[C@H](CNC(=O)c1cc(F)ccc1Br)c1ccsc1. The van der Waals surface area contributed by atoms with E-state index in [0.717, 1.165) is 13.1 Å². The molecule has 0 fully saturated rings. The van der Waals surface area contributed by atoms with E-state index in [2.05, 4.69) is 51.4 Å². The molecule has 23 heavy (non-hydrogen) atoms. The first-order chi connectivity index (χ1) is 11.1. The van der Waals surface area contributed by atoms with E-state index in [0.29, 0.717) is 16.6 Å². The Balaban J connectivity index is 2.12. The first-order valence-electron chi connectivity index (χ1n) is 7.56. The zero-order valence-corrected chi connectivity index (χ0v) is 15.6. The molecule has 124 valence electrons. The number of benzene rings is 1. The van der Waals surface area contributed by atoms with Gasteiger partial charge in [0.1, 0.15) is 5.82 Å². The van der Waals surface area contributed by atoms with Crippen LogP contribution in [0.2, 0.25) is 0 Å². The van der Waals surface area contributed by atoms with Gasteiger partial charge in [0.2, 0.25) is 0 Å². The van der Waals surface area contributed by atoms with Crippen molar-refractivity contribution in [3.63, 3.8) is 0 Å². The Bertz CT molecular complexity index is 644. The first kappa shape index (κ1) is 18.1. The molecule has 1 aromatic heterocycles. The maximum absolute atomic E-state index is 13.4. The number of rotatable bonds is 7. The molecule has 1 aromatic carbocycles. The second-order valence-electron chi connectivity index (χ2n) is 5.13. The number of hydrogen-bond acceptors (Lipinski definition) is 3. The fourth-order valence-corrected chi connectivity index (χ4v) is 3.68. The van der Waals surface area contributed by atoms with Gasteiger partial charge in [0.25, 0.3) is 5.91 Å². The van der Waals surface area contributed by atoms with E-state index in [9.17, 15) is 9.18 Å². The molecule has 3 nitrogen and oxygen atoms in total. The third-order valence-corrected chi connectivity index (χ3v) is 5.20. The molecule has 0 unspecified atom stereocenters. The van der Waals surface area contributed by atoms with Gasteiger partial charge in [-0.1, -0.05) is 13.8 Å². The highest BCUT2D eigenvalue weighted by Gasteiger charge is 2.20. The monoisotopic (exact) mass is 398 g/mol. The van der Waals surface area contributed by atoms with E-state index < -0.39 is 5.82 Å². The first-order valence-corrected chi connectivity index (χ1v) is 9.29. The molecule has 2 aromatic rings. The topological polar surface area (TPSA) is 32.3 Å². The molecular formula is C17H20BrFN2OS. The molecule has 0 aliphatic heterocycles. The maximum Gasteiger partial charge on any atom is 0.252 e. The Labute approximate surface area is 148 Å². The Kier molecular flexibility index (Phi) is 6.74. The van der Waals surface area contributed by atoms with Gasteiger partial charge in [0.15, 0.2) is 0 Å². The van der Waals surface area contributed by atoms with Gasteiger partial charge in [-0.05, 0) is 69.6 Å². The van der Waals surface area contributed by atoms with Crippen LogP contribution in [-0.4, -0.2) is 30.4 Å². The lowest BCUT2D eigenvalue weighted by Gasteiger charge is -2.29. The van der Waals surface area contributed by atoms with Crippen molar-refractivity contribution < 1.29 is 9.18 Å². The van der Waals surface area contributed by atoms with E-state index >= 15 is 0 Å². The quantitative estimate of drug-likeness (QED) is 0.746. The number of thiophene rings is 1. The van der Waals surface area contributed by atoms with Crippen molar-refractivity contribution in [2.45, 2.75) is 19.9 Å². The standard InChI is InChI=1S/C17H20BrFN2OS/c1-3-21(4-2)16(12-7-8-23-11-12)10-20-17(22)14-9-13(19)5-6-15(14)18/h5-9,11,16H,3-4,10H2,1-2H3,(H,20,22)/t16-/m1/s1. The number of nitrogens with zero attached hydrogens (tertiary/aromatic N) is 1. The Morgan fingerprint density at radius 2 is 2.09 bits per heavy atom. The zero-order chi connectivity index (χ0) is 16.8. The fourth-order valence-electron chi connectivity index (χ4n) is 2.54. The summed E-state index contributed by atoms with van der Waals surface area (Å²) in [6.45, 7) is 6.50. The molecule has 0 aliphatic carbocycles. The van der Waals surface area contributed by atoms with E-state index in [-0.39, 0.29) is 11.9 Å². The summed E-state index contributed by atoms with van der Waals surface area (Å²) in [7, 11) is 0. The lowest BCUT2D eigenvalue weighted by atomic mass is 10.1. The van der Waals surface area contributed by atoms with Crippen LogP contribution in [0.4, 0.5) is 4.39 Å². The van der Waals surface area contributed by atoms with Crippen LogP contribution >= 0.6 is 27.3 Å². The largest absolute Gasteiger partial charge is 0.350 e. The van der Waals surface area contributed by atoms with Gasteiger partial charge in [-0.25, -0.2) is 4.39 Å². The second kappa shape index (κ2) is 8.57. The number of carbonyl (C=O) groups excluding carboxylic acids is 1. The minimum Gasteiger partial charge on any atom is -0.350 e. The lowest BCUT2D eigenvalue weighted by Crippen LogP contribution is -2.38. The van der Waals surface area contributed by atoms with Crippen LogP contribution in [0.15, 0.2) is 39.5 Å². The molecule has 0 spiro atoms. The molecule has 0 saturated carbocycles. The van der Waals surface area contributed by atoms with Gasteiger partial charge in [-0.2, -0.15) is 11.3 Å². The molecule has 0 bridgehead atoms. The predicted octanol–water partition coefficient (Wildman–Crippen LogP) is 4.46. The summed E-state index contributed by atoms with van der Waals surface area (Å²) in [6, 6.07) is 6.32. The normalized spacial score (nSPS) is 12.4. The second-order valence-corrected chi connectivity index (χ2v) is 6.76. The summed E-state index contributed by atoms with van der Waals surface area (Å²) in [5, 5.41) is 7.07. The van der Waals surface area contributed by atoms with Gasteiger partial charge in [-0.15, -0.1) is 0 Å². The molecular weight excluding hydrogens is 379 g/mol. The smallest absolute Gasteiger partial charge is 0.252 e. The molecule has 0 saturated heterocycles. The number of likely N-dealkylation sites (N-methyl/N-ethyl adjacent to an activating group) is 1. The Hall–Kier alpha value is -1.24. The Morgan fingerprint density at radius 3 is 2.70 bits per heavy atom. The zero-order valence-electron chi connectivity index (χ0n) is 13.2. The number of carbonyl (C=O) groups is 1. The molecule has 6 heteroatoms. The van der Waals surface area contributed by atoms with Crippen molar-refractivity contribution in [2.75, 3.05) is 19.6 Å². The van der Waals surface area contributed by atoms with Gasteiger partial charge >= 0.3 is 0 Å². The van der Waals surface area contributed by atoms with Gasteiger partial charge in [-0.3, -0.25) is 9.69 Å². The van der Waals surface area contributed by atoms with Crippen LogP contribution in [0.25, 0.3) is 0 Å². The van der Waals surface area contributed by atoms with Gasteiger partial charge in [0, 0.05) is 11.0 Å². The highest BCUT2D eigenvalue weighted by molar-refractivity contribution is 9.10. The van der Waals surface area contributed by atoms with Crippen LogP contribution < -0.4 is 5.32 Å². The third-order valence-electron chi connectivity index (χ3n) is 3.81. The van der Waals surface area contributed by atoms with Crippen LogP contribution in [0, 0.1) is 5.82 Å². The molecule has 1 atom stereocenters. The number of amides is 1. The van der Waals surface area contributed by atoms with E-state index in [4.69, 9.17) is 0 Å². The van der Waals surface area contributed by atoms with Crippen LogP contribution in [0.1, 0.15) is 35.8 Å². The number of nitrogens with one attached hydrogen (secondary N) is 1. The van der Waals surface area contributed by atoms with Crippen LogP contribution in [0.5, 0.6) is 0 Å². The molecule has 1 N–H and O–H groups in total. The van der Waals surface area contributed by atoms with E-state index in [1.165, 1.54) is 17.7 Å². The van der Waals surface area contributed by atoms with E-state index in [1.807, 2.05) is 5.38 Å². The summed E-state index contributed by atoms with van der Waals surface area (Å²) in [6.07, 6.45) is 0. The summed E-state index contributed by atoms with van der Waals surface area (Å²) in [5.41, 5.74) is 1.51. The van der Waals surface area contributed by atoms with Crippen molar-refractivity contribution in [2.24, 2.45) is 0 Å².